The van der Waals surface area contributed by atoms with Gasteiger partial charge in [-0.3, -0.25) is 0 Å². The Morgan fingerprint density at radius 1 is 1.25 bits per heavy atom. The number of amides is 1. The number of aromatic nitrogens is 3. The molecule has 32 heavy (non-hydrogen) atoms. The van der Waals surface area contributed by atoms with Crippen LogP contribution in [0.5, 0.6) is 11.5 Å². The van der Waals surface area contributed by atoms with Gasteiger partial charge in [0, 0.05) is 13.1 Å². The Morgan fingerprint density at radius 3 is 2.97 bits per heavy atom. The summed E-state index contributed by atoms with van der Waals surface area (Å²) in [5.41, 5.74) is 3.53. The topological polar surface area (TPSA) is 112 Å². The number of nitrogens with one attached hydrogen (secondary N) is 3. The van der Waals surface area contributed by atoms with Gasteiger partial charge in [0.25, 0.3) is 0 Å². The van der Waals surface area contributed by atoms with E-state index in [0.29, 0.717) is 41.7 Å². The van der Waals surface area contributed by atoms with Crippen LogP contribution in [0.3, 0.4) is 0 Å². The van der Waals surface area contributed by atoms with E-state index >= 15 is 0 Å². The zero-order chi connectivity index (χ0) is 21.8. The molecule has 1 fully saturated rings. The smallest absolute Gasteiger partial charge is 0.328 e. The molecule has 3 atom stereocenters. The average Bonchev–Trinajstić information content (AvgIpc) is 3.19. The molecule has 3 aromatic rings. The maximum Gasteiger partial charge on any atom is 0.328 e. The molecule has 0 radical (unpaired) electrons. The van der Waals surface area contributed by atoms with Gasteiger partial charge < -0.3 is 30.2 Å². The van der Waals surface area contributed by atoms with Crippen molar-refractivity contribution in [3.05, 3.63) is 30.1 Å². The molecule has 1 aromatic carbocycles. The summed E-state index contributed by atoms with van der Waals surface area (Å²) in [6.45, 7) is 2.84. The molecule has 10 nitrogen and oxygen atoms in total. The van der Waals surface area contributed by atoms with Crippen molar-refractivity contribution in [1.29, 1.82) is 0 Å². The van der Waals surface area contributed by atoms with Crippen molar-refractivity contribution >= 4 is 34.4 Å². The van der Waals surface area contributed by atoms with E-state index in [0.717, 1.165) is 29.8 Å². The van der Waals surface area contributed by atoms with Crippen LogP contribution in [0.4, 0.5) is 22.0 Å². The molecule has 10 heteroatoms. The van der Waals surface area contributed by atoms with Gasteiger partial charge in [-0.15, -0.1) is 0 Å². The Bertz CT molecular complexity index is 1220. The summed E-state index contributed by atoms with van der Waals surface area (Å²) in [7, 11) is 1.81. The Morgan fingerprint density at radius 2 is 2.16 bits per heavy atom. The normalized spacial score (nSPS) is 24.1. The standard InChI is InChI=1S/C22H24N6O4/c1-11-8-31-20-15-5-12(6-17(20)32-11)9-30-16-4-3-13(16)26-22(29)28-10-24-19-14(23-2)7-18(25-15)27-21(19)28/h5-7,10-11,13,16H,3-4,8-9H2,1-2H3,(H,26,29)(H2,23,25,27)/t11-,13+,16+/m0/s1. The van der Waals surface area contributed by atoms with Gasteiger partial charge >= 0.3 is 6.03 Å². The molecular formula is C22H24N6O4. The maximum absolute atomic E-state index is 13.0. The van der Waals surface area contributed by atoms with Crippen LogP contribution in [0.2, 0.25) is 0 Å². The number of ether oxygens (including phenoxy) is 3. The van der Waals surface area contributed by atoms with Gasteiger partial charge in [-0.05, 0) is 37.5 Å². The number of pyridine rings is 1. The number of hydrogen-bond acceptors (Lipinski definition) is 8. The number of benzene rings is 1. The third kappa shape index (κ3) is 3.10. The molecule has 166 valence electrons. The predicted octanol–water partition coefficient (Wildman–Crippen LogP) is 3.00. The minimum absolute atomic E-state index is 0.0388. The highest BCUT2D eigenvalue weighted by Gasteiger charge is 2.34. The molecule has 0 unspecified atom stereocenters. The number of hydrogen-bond donors (Lipinski definition) is 3. The van der Waals surface area contributed by atoms with Crippen LogP contribution in [0, 0.1) is 0 Å². The molecule has 6 rings (SSSR count). The highest BCUT2D eigenvalue weighted by atomic mass is 16.6. The zero-order valence-electron chi connectivity index (χ0n) is 17.8. The van der Waals surface area contributed by atoms with E-state index in [1.807, 2.05) is 32.2 Å². The fourth-order valence-electron chi connectivity index (χ4n) is 4.32. The second kappa shape index (κ2) is 7.27. The predicted molar refractivity (Wildman–Crippen MR) is 118 cm³/mol. The van der Waals surface area contributed by atoms with Gasteiger partial charge in [-0.25, -0.2) is 19.3 Å². The Labute approximate surface area is 184 Å². The van der Waals surface area contributed by atoms with E-state index in [2.05, 4.69) is 20.9 Å². The van der Waals surface area contributed by atoms with Gasteiger partial charge in [-0.2, -0.15) is 0 Å². The molecule has 3 aliphatic rings. The summed E-state index contributed by atoms with van der Waals surface area (Å²) in [4.78, 5) is 22.1. The van der Waals surface area contributed by atoms with Crippen molar-refractivity contribution < 1.29 is 19.0 Å². The van der Waals surface area contributed by atoms with Crippen molar-refractivity contribution in [1.82, 2.24) is 19.9 Å². The third-order valence-electron chi connectivity index (χ3n) is 6.14. The van der Waals surface area contributed by atoms with Gasteiger partial charge in [0.2, 0.25) is 0 Å². The average molecular weight is 436 g/mol. The van der Waals surface area contributed by atoms with Crippen molar-refractivity contribution in [3.63, 3.8) is 0 Å². The van der Waals surface area contributed by atoms with Crippen LogP contribution in [0.1, 0.15) is 25.3 Å². The van der Waals surface area contributed by atoms with E-state index in [-0.39, 0.29) is 24.3 Å². The van der Waals surface area contributed by atoms with Crippen LogP contribution in [-0.4, -0.2) is 52.5 Å². The Kier molecular flexibility index (Phi) is 4.35. The van der Waals surface area contributed by atoms with E-state index in [4.69, 9.17) is 19.2 Å². The number of carbonyl (C=O) groups excluding carboxylic acids is 1. The number of rotatable bonds is 1. The Balaban J connectivity index is 1.51. The molecule has 4 bridgehead atoms. The summed E-state index contributed by atoms with van der Waals surface area (Å²) in [6, 6.07) is 5.49. The van der Waals surface area contributed by atoms with E-state index < -0.39 is 0 Å². The molecule has 3 N–H and O–H groups in total. The van der Waals surface area contributed by atoms with Crippen LogP contribution >= 0.6 is 0 Å². The number of carbonyl (C=O) groups is 1. The van der Waals surface area contributed by atoms with Gasteiger partial charge in [-0.1, -0.05) is 0 Å². The summed E-state index contributed by atoms with van der Waals surface area (Å²) >= 11 is 0. The molecular weight excluding hydrogens is 412 g/mol. The number of nitrogens with zero attached hydrogens (tertiary/aromatic N) is 3. The Hall–Kier alpha value is -3.53. The zero-order valence-corrected chi connectivity index (χ0v) is 17.8. The van der Waals surface area contributed by atoms with E-state index in [1.54, 1.807) is 0 Å². The van der Waals surface area contributed by atoms with Gasteiger partial charge in [0.1, 0.15) is 30.4 Å². The lowest BCUT2D eigenvalue weighted by atomic mass is 9.89. The molecule has 1 saturated carbocycles. The molecule has 0 spiro atoms. The lowest BCUT2D eigenvalue weighted by molar-refractivity contribution is -0.0324. The summed E-state index contributed by atoms with van der Waals surface area (Å²) < 4.78 is 19.6. The van der Waals surface area contributed by atoms with Crippen LogP contribution < -0.4 is 25.4 Å². The molecule has 4 heterocycles. The first kappa shape index (κ1) is 19.2. The van der Waals surface area contributed by atoms with Gasteiger partial charge in [0.15, 0.2) is 17.1 Å². The fraction of sp³-hybridized carbons (Fsp3) is 0.409. The van der Waals surface area contributed by atoms with E-state index in [1.165, 1.54) is 10.9 Å². The lowest BCUT2D eigenvalue weighted by Gasteiger charge is -2.37. The highest BCUT2D eigenvalue weighted by Crippen LogP contribution is 2.42. The number of fused-ring (bicyclic) bond motifs is 6. The second-order valence-corrected chi connectivity index (χ2v) is 8.41. The van der Waals surface area contributed by atoms with Crippen molar-refractivity contribution in [2.75, 3.05) is 24.3 Å². The lowest BCUT2D eigenvalue weighted by Crippen LogP contribution is -2.52. The highest BCUT2D eigenvalue weighted by molar-refractivity contribution is 5.94. The van der Waals surface area contributed by atoms with Crippen LogP contribution in [-0.2, 0) is 11.3 Å². The van der Waals surface area contributed by atoms with Crippen LogP contribution in [0.15, 0.2) is 24.5 Å². The van der Waals surface area contributed by atoms with E-state index in [9.17, 15) is 4.79 Å². The molecule has 0 saturated heterocycles. The van der Waals surface area contributed by atoms with Crippen molar-refractivity contribution in [2.45, 2.75) is 44.6 Å². The quantitative estimate of drug-likeness (QED) is 0.534. The second-order valence-electron chi connectivity index (χ2n) is 8.41. The molecule has 2 aliphatic heterocycles. The monoisotopic (exact) mass is 436 g/mol. The molecule has 1 aliphatic carbocycles. The number of anilines is 3. The fourth-order valence-corrected chi connectivity index (χ4v) is 4.32. The largest absolute Gasteiger partial charge is 0.484 e. The molecule has 1 amide bonds. The minimum atomic E-state index is -0.267. The van der Waals surface area contributed by atoms with Crippen LogP contribution in [0.25, 0.3) is 11.2 Å². The third-order valence-corrected chi connectivity index (χ3v) is 6.14. The summed E-state index contributed by atoms with van der Waals surface area (Å²) in [6.07, 6.45) is 3.18. The first-order chi connectivity index (χ1) is 15.6. The van der Waals surface area contributed by atoms with Crippen molar-refractivity contribution in [3.8, 4) is 11.5 Å². The molecule has 2 aromatic heterocycles. The first-order valence-corrected chi connectivity index (χ1v) is 10.8. The summed E-state index contributed by atoms with van der Waals surface area (Å²) in [5.74, 6) is 1.87. The number of imidazole rings is 1. The SMILES string of the molecule is CNc1cc2nc3c1ncn3C(=O)N[C@@H]1CC[C@H]1OCc1cc(c3c(c1)O[C@@H](C)CO3)N2. The summed E-state index contributed by atoms with van der Waals surface area (Å²) in [5, 5.41) is 9.56. The minimum Gasteiger partial charge on any atom is -0.484 e. The first-order valence-electron chi connectivity index (χ1n) is 10.8. The maximum atomic E-state index is 13.0. The van der Waals surface area contributed by atoms with Crippen molar-refractivity contribution in [2.24, 2.45) is 0 Å². The van der Waals surface area contributed by atoms with Gasteiger partial charge in [0.05, 0.1) is 30.1 Å².